The lowest BCUT2D eigenvalue weighted by atomic mass is 10.0. The molecule has 0 aromatic carbocycles. The summed E-state index contributed by atoms with van der Waals surface area (Å²) in [5, 5.41) is 11.2. The van der Waals surface area contributed by atoms with E-state index in [0.717, 1.165) is 0 Å². The van der Waals surface area contributed by atoms with Gasteiger partial charge in [-0.1, -0.05) is 0 Å². The zero-order valence-electron chi connectivity index (χ0n) is 11.7. The minimum atomic E-state index is -0.748. The van der Waals surface area contributed by atoms with Gasteiger partial charge in [-0.3, -0.25) is 4.79 Å². The SMILES string of the molecule is CC1(C)O[C@@H]2[C@H](O1)[C@@H](CO)O[C@H]2c1csc(C(N)=O)c1N. The lowest BCUT2D eigenvalue weighted by Gasteiger charge is -2.23. The highest BCUT2D eigenvalue weighted by Gasteiger charge is 2.55. The fourth-order valence-electron chi connectivity index (χ4n) is 2.87. The smallest absolute Gasteiger partial charge is 0.260 e. The molecule has 0 radical (unpaired) electrons. The van der Waals surface area contributed by atoms with E-state index in [9.17, 15) is 9.90 Å². The average molecular weight is 314 g/mol. The molecule has 8 heteroatoms. The van der Waals surface area contributed by atoms with Crippen LogP contribution in [-0.2, 0) is 14.2 Å². The van der Waals surface area contributed by atoms with Gasteiger partial charge in [0.2, 0.25) is 0 Å². The van der Waals surface area contributed by atoms with Gasteiger partial charge in [-0.2, -0.15) is 0 Å². The molecule has 2 aliphatic heterocycles. The van der Waals surface area contributed by atoms with Gasteiger partial charge >= 0.3 is 0 Å². The third-order valence-corrected chi connectivity index (χ3v) is 4.75. The third-order valence-electron chi connectivity index (χ3n) is 3.72. The largest absolute Gasteiger partial charge is 0.397 e. The first-order valence-corrected chi connectivity index (χ1v) is 7.50. The van der Waals surface area contributed by atoms with Gasteiger partial charge in [0.1, 0.15) is 29.3 Å². The summed E-state index contributed by atoms with van der Waals surface area (Å²) in [7, 11) is 0. The van der Waals surface area contributed by atoms with Crippen LogP contribution in [0.3, 0.4) is 0 Å². The maximum absolute atomic E-state index is 11.3. The van der Waals surface area contributed by atoms with Crippen molar-refractivity contribution in [2.75, 3.05) is 12.3 Å². The van der Waals surface area contributed by atoms with Crippen molar-refractivity contribution in [3.8, 4) is 0 Å². The van der Waals surface area contributed by atoms with E-state index in [1.165, 1.54) is 11.3 Å². The number of primary amides is 1. The Hall–Kier alpha value is -1.19. The van der Waals surface area contributed by atoms with E-state index >= 15 is 0 Å². The van der Waals surface area contributed by atoms with E-state index in [0.29, 0.717) is 16.1 Å². The second kappa shape index (κ2) is 4.92. The van der Waals surface area contributed by atoms with Crippen molar-refractivity contribution in [2.45, 2.75) is 44.1 Å². The molecule has 2 saturated heterocycles. The summed E-state index contributed by atoms with van der Waals surface area (Å²) in [5.74, 6) is -1.32. The number of ether oxygens (including phenoxy) is 3. The van der Waals surface area contributed by atoms with Gasteiger partial charge in [0, 0.05) is 5.56 Å². The van der Waals surface area contributed by atoms with Crippen LogP contribution >= 0.6 is 11.3 Å². The molecule has 2 fully saturated rings. The van der Waals surface area contributed by atoms with Crippen LogP contribution in [0.1, 0.15) is 35.2 Å². The summed E-state index contributed by atoms with van der Waals surface area (Å²) in [5.41, 5.74) is 12.2. The van der Waals surface area contributed by atoms with Crippen LogP contribution < -0.4 is 11.5 Å². The Morgan fingerprint density at radius 1 is 1.43 bits per heavy atom. The minimum Gasteiger partial charge on any atom is -0.397 e. The predicted octanol–water partition coefficient (Wildman–Crippen LogP) is 0.382. The number of fused-ring (bicyclic) bond motifs is 1. The van der Waals surface area contributed by atoms with Gasteiger partial charge in [0.05, 0.1) is 12.3 Å². The number of aliphatic hydroxyl groups excluding tert-OH is 1. The molecule has 0 saturated carbocycles. The molecule has 0 aliphatic carbocycles. The average Bonchev–Trinajstić information content (AvgIpc) is 3.00. The summed E-state index contributed by atoms with van der Waals surface area (Å²) in [6, 6.07) is 0. The Labute approximate surface area is 125 Å². The van der Waals surface area contributed by atoms with Crippen LogP contribution in [-0.4, -0.2) is 41.7 Å². The Morgan fingerprint density at radius 3 is 2.67 bits per heavy atom. The lowest BCUT2D eigenvalue weighted by Crippen LogP contribution is -2.31. The van der Waals surface area contributed by atoms with E-state index in [1.54, 1.807) is 5.38 Å². The van der Waals surface area contributed by atoms with Crippen molar-refractivity contribution in [1.82, 2.24) is 0 Å². The molecule has 0 unspecified atom stereocenters. The summed E-state index contributed by atoms with van der Waals surface area (Å²) in [6.07, 6.45) is -1.72. The molecule has 1 amide bonds. The van der Waals surface area contributed by atoms with Gasteiger partial charge in [-0.05, 0) is 19.2 Å². The third kappa shape index (κ3) is 2.33. The Bertz CT molecular complexity index is 573. The highest BCUT2D eigenvalue weighted by atomic mass is 32.1. The number of aliphatic hydroxyl groups is 1. The number of carbonyl (C=O) groups excluding carboxylic acids is 1. The maximum Gasteiger partial charge on any atom is 0.260 e. The minimum absolute atomic E-state index is 0.177. The molecular formula is C13H18N2O5S. The molecule has 1 aromatic rings. The molecule has 0 spiro atoms. The number of hydrogen-bond acceptors (Lipinski definition) is 7. The summed E-state index contributed by atoms with van der Waals surface area (Å²) >= 11 is 1.18. The molecule has 21 heavy (non-hydrogen) atoms. The molecule has 3 rings (SSSR count). The lowest BCUT2D eigenvalue weighted by molar-refractivity contribution is -0.191. The van der Waals surface area contributed by atoms with Crippen LogP contribution in [0.5, 0.6) is 0 Å². The number of nitrogen functional groups attached to an aromatic ring is 1. The highest BCUT2D eigenvalue weighted by Crippen LogP contribution is 2.47. The highest BCUT2D eigenvalue weighted by molar-refractivity contribution is 7.12. The second-order valence-corrected chi connectivity index (χ2v) is 6.52. The summed E-state index contributed by atoms with van der Waals surface area (Å²) in [6.45, 7) is 3.44. The van der Waals surface area contributed by atoms with Crippen molar-refractivity contribution in [2.24, 2.45) is 5.73 Å². The number of thiophene rings is 1. The first kappa shape index (κ1) is 14.7. The Kier molecular flexibility index (Phi) is 3.45. The first-order chi connectivity index (χ1) is 9.84. The topological polar surface area (TPSA) is 117 Å². The molecule has 7 nitrogen and oxygen atoms in total. The monoisotopic (exact) mass is 314 g/mol. The van der Waals surface area contributed by atoms with Gasteiger partial charge in [-0.15, -0.1) is 11.3 Å². The van der Waals surface area contributed by atoms with E-state index in [4.69, 9.17) is 25.7 Å². The number of amides is 1. The molecule has 5 N–H and O–H groups in total. The molecule has 0 bridgehead atoms. The Morgan fingerprint density at radius 2 is 2.10 bits per heavy atom. The van der Waals surface area contributed by atoms with Crippen molar-refractivity contribution in [3.63, 3.8) is 0 Å². The Balaban J connectivity index is 1.94. The van der Waals surface area contributed by atoms with E-state index in [1.807, 2.05) is 13.8 Å². The summed E-state index contributed by atoms with van der Waals surface area (Å²) < 4.78 is 17.5. The molecule has 3 heterocycles. The maximum atomic E-state index is 11.3. The number of hydrogen-bond donors (Lipinski definition) is 3. The van der Waals surface area contributed by atoms with Crippen LogP contribution in [0.2, 0.25) is 0 Å². The van der Waals surface area contributed by atoms with Crippen LogP contribution in [0, 0.1) is 0 Å². The number of nitrogens with two attached hydrogens (primary N) is 2. The van der Waals surface area contributed by atoms with Crippen molar-refractivity contribution in [3.05, 3.63) is 15.8 Å². The van der Waals surface area contributed by atoms with Crippen molar-refractivity contribution < 1.29 is 24.1 Å². The fraction of sp³-hybridized carbons (Fsp3) is 0.615. The van der Waals surface area contributed by atoms with Gasteiger partial charge in [-0.25, -0.2) is 0 Å². The number of rotatable bonds is 3. The molecule has 2 aliphatic rings. The zero-order chi connectivity index (χ0) is 15.4. The number of anilines is 1. The predicted molar refractivity (Wildman–Crippen MR) is 75.8 cm³/mol. The van der Waals surface area contributed by atoms with Crippen LogP contribution in [0.15, 0.2) is 5.38 Å². The number of carbonyl (C=O) groups is 1. The molecule has 116 valence electrons. The van der Waals surface area contributed by atoms with E-state index in [-0.39, 0.29) is 18.8 Å². The fourth-order valence-corrected chi connectivity index (χ4v) is 3.74. The van der Waals surface area contributed by atoms with Crippen molar-refractivity contribution >= 4 is 22.9 Å². The normalized spacial score (nSPS) is 34.0. The quantitative estimate of drug-likeness (QED) is 0.742. The van der Waals surface area contributed by atoms with Gasteiger partial charge < -0.3 is 30.8 Å². The van der Waals surface area contributed by atoms with E-state index < -0.39 is 23.9 Å². The van der Waals surface area contributed by atoms with Crippen LogP contribution in [0.4, 0.5) is 5.69 Å². The van der Waals surface area contributed by atoms with Gasteiger partial charge in [0.15, 0.2) is 5.79 Å². The van der Waals surface area contributed by atoms with Crippen molar-refractivity contribution in [1.29, 1.82) is 0 Å². The van der Waals surface area contributed by atoms with Gasteiger partial charge in [0.25, 0.3) is 5.91 Å². The molecular weight excluding hydrogens is 296 g/mol. The standard InChI is InChI=1S/C13H18N2O5S/c1-13(2)19-9-6(3-16)18-8(10(9)20-13)5-4-21-11(7(5)14)12(15)17/h4,6,8-10,16H,3,14H2,1-2H3,(H2,15,17)/t6-,8+,9-,10+/m1/s1. The zero-order valence-corrected chi connectivity index (χ0v) is 12.6. The van der Waals surface area contributed by atoms with Crippen LogP contribution in [0.25, 0.3) is 0 Å². The molecule has 4 atom stereocenters. The summed E-state index contributed by atoms with van der Waals surface area (Å²) in [4.78, 5) is 11.6. The second-order valence-electron chi connectivity index (χ2n) is 5.64. The molecule has 1 aromatic heterocycles. The first-order valence-electron chi connectivity index (χ1n) is 6.62. The van der Waals surface area contributed by atoms with E-state index in [2.05, 4.69) is 0 Å².